The predicted octanol–water partition coefficient (Wildman–Crippen LogP) is 4.70. The molecule has 0 radical (unpaired) electrons. The Balaban J connectivity index is 1.73. The molecule has 1 fully saturated rings. The predicted molar refractivity (Wildman–Crippen MR) is 108 cm³/mol. The van der Waals surface area contributed by atoms with Crippen LogP contribution >= 0.6 is 11.6 Å². The number of rotatable bonds is 4. The van der Waals surface area contributed by atoms with E-state index in [0.29, 0.717) is 17.4 Å². The first-order valence-corrected chi connectivity index (χ1v) is 10.5. The van der Waals surface area contributed by atoms with Gasteiger partial charge in [-0.1, -0.05) is 44.7 Å². The van der Waals surface area contributed by atoms with E-state index in [1.165, 1.54) is 32.1 Å². The van der Waals surface area contributed by atoms with Crippen LogP contribution in [0.1, 0.15) is 63.6 Å². The van der Waals surface area contributed by atoms with Gasteiger partial charge in [0.1, 0.15) is 0 Å². The Hall–Kier alpha value is -1.88. The number of hydrogen-bond acceptors (Lipinski definition) is 3. The number of carbonyl (C=O) groups excluding carboxylic acids is 1. The third-order valence-electron chi connectivity index (χ3n) is 5.88. The topological polar surface area (TPSA) is 50.0 Å². The second-order valence-corrected chi connectivity index (χ2v) is 8.36. The minimum Gasteiger partial charge on any atom is -0.273 e. The van der Waals surface area contributed by atoms with Gasteiger partial charge < -0.3 is 0 Å². The summed E-state index contributed by atoms with van der Waals surface area (Å²) in [6.45, 7) is 4.95. The fraction of sp³-hybridized carbons (Fsp3) is 0.571. The molecule has 1 amide bonds. The number of carbonyl (C=O) groups is 1. The average molecular weight is 387 g/mol. The average Bonchev–Trinajstić information content (AvgIpc) is 3.02. The maximum absolute atomic E-state index is 12.6. The van der Waals surface area contributed by atoms with Crippen molar-refractivity contribution in [3.8, 4) is 0 Å². The molecule has 0 aromatic carbocycles. The smallest absolute Gasteiger partial charge is 0.243 e. The van der Waals surface area contributed by atoms with E-state index in [4.69, 9.17) is 21.8 Å². The highest BCUT2D eigenvalue weighted by Gasteiger charge is 2.32. The van der Waals surface area contributed by atoms with Crippen molar-refractivity contribution in [1.29, 1.82) is 0 Å². The molecule has 1 aliphatic carbocycles. The quantitative estimate of drug-likeness (QED) is 0.764. The first kappa shape index (κ1) is 18.5. The lowest BCUT2D eigenvalue weighted by molar-refractivity contribution is -0.133. The molecule has 1 aliphatic heterocycles. The normalized spacial score (nSPS) is 21.7. The lowest BCUT2D eigenvalue weighted by atomic mass is 9.88. The Labute approximate surface area is 165 Å². The van der Waals surface area contributed by atoms with Crippen LogP contribution in [0.2, 0.25) is 5.02 Å². The molecule has 1 unspecified atom stereocenters. The molecule has 0 N–H and O–H groups in total. The van der Waals surface area contributed by atoms with E-state index in [1.807, 2.05) is 22.8 Å². The fourth-order valence-corrected chi connectivity index (χ4v) is 4.56. The monoisotopic (exact) mass is 386 g/mol. The summed E-state index contributed by atoms with van der Waals surface area (Å²) < 4.78 is 1.84. The molecule has 0 saturated heterocycles. The molecular weight excluding hydrogens is 360 g/mol. The maximum atomic E-state index is 12.6. The molecule has 144 valence electrons. The first-order chi connectivity index (χ1) is 13.1. The number of fused-ring (bicyclic) bond motifs is 1. The van der Waals surface area contributed by atoms with Crippen LogP contribution in [0.25, 0.3) is 5.52 Å². The Morgan fingerprint density at radius 3 is 2.74 bits per heavy atom. The van der Waals surface area contributed by atoms with Gasteiger partial charge in [-0.3, -0.25) is 4.79 Å². The van der Waals surface area contributed by atoms with E-state index in [2.05, 4.69) is 13.8 Å². The van der Waals surface area contributed by atoms with Gasteiger partial charge in [0.2, 0.25) is 5.91 Å². The largest absolute Gasteiger partial charge is 0.273 e. The number of aryl methyl sites for hydroxylation is 1. The molecule has 1 saturated carbocycles. The molecular formula is C21H27ClN4O. The van der Waals surface area contributed by atoms with E-state index >= 15 is 0 Å². The second-order valence-electron chi connectivity index (χ2n) is 7.92. The number of hydrogen-bond donors (Lipinski definition) is 0. The number of nitrogens with zero attached hydrogens (tertiary/aromatic N) is 4. The van der Waals surface area contributed by atoms with Crippen molar-refractivity contribution in [2.45, 2.75) is 58.8 Å². The highest BCUT2D eigenvalue weighted by molar-refractivity contribution is 6.30. The van der Waals surface area contributed by atoms with Crippen molar-refractivity contribution in [1.82, 2.24) is 14.6 Å². The van der Waals surface area contributed by atoms with Crippen LogP contribution in [0.4, 0.5) is 0 Å². The highest BCUT2D eigenvalue weighted by Crippen LogP contribution is 2.30. The van der Waals surface area contributed by atoms with E-state index in [0.717, 1.165) is 35.5 Å². The standard InChI is InChI=1S/C21H27ClN4O/c1-3-17-20(18-10-9-16(22)13-25(18)23-17)21-14(2)11-19(27)26(24-21)12-15-7-5-4-6-8-15/h9-10,13-15H,3-8,11-12H2,1-2H3. The van der Waals surface area contributed by atoms with Gasteiger partial charge in [0.05, 0.1) is 21.9 Å². The van der Waals surface area contributed by atoms with Crippen LogP contribution in [-0.4, -0.2) is 32.8 Å². The van der Waals surface area contributed by atoms with Crippen molar-refractivity contribution >= 4 is 28.7 Å². The van der Waals surface area contributed by atoms with Crippen LogP contribution in [0.3, 0.4) is 0 Å². The van der Waals surface area contributed by atoms with Crippen LogP contribution in [-0.2, 0) is 11.2 Å². The van der Waals surface area contributed by atoms with Gasteiger partial charge >= 0.3 is 0 Å². The second kappa shape index (κ2) is 7.63. The highest BCUT2D eigenvalue weighted by atomic mass is 35.5. The first-order valence-electron chi connectivity index (χ1n) is 10.1. The summed E-state index contributed by atoms with van der Waals surface area (Å²) in [4.78, 5) is 12.6. The zero-order valence-corrected chi connectivity index (χ0v) is 16.9. The van der Waals surface area contributed by atoms with Crippen molar-refractivity contribution in [2.24, 2.45) is 16.9 Å². The van der Waals surface area contributed by atoms with Gasteiger partial charge in [-0.25, -0.2) is 9.52 Å². The van der Waals surface area contributed by atoms with E-state index in [9.17, 15) is 4.79 Å². The Morgan fingerprint density at radius 1 is 1.22 bits per heavy atom. The summed E-state index contributed by atoms with van der Waals surface area (Å²) >= 11 is 6.14. The van der Waals surface area contributed by atoms with E-state index in [1.54, 1.807) is 5.01 Å². The van der Waals surface area contributed by atoms with Crippen molar-refractivity contribution in [3.63, 3.8) is 0 Å². The van der Waals surface area contributed by atoms with Gasteiger partial charge in [0.15, 0.2) is 0 Å². The lowest BCUT2D eigenvalue weighted by Crippen LogP contribution is -2.39. The number of halogens is 1. The summed E-state index contributed by atoms with van der Waals surface area (Å²) in [5, 5.41) is 12.0. The van der Waals surface area contributed by atoms with Crippen LogP contribution in [0, 0.1) is 11.8 Å². The number of aromatic nitrogens is 2. The fourth-order valence-electron chi connectivity index (χ4n) is 4.40. The molecule has 3 heterocycles. The zero-order valence-electron chi connectivity index (χ0n) is 16.1. The lowest BCUT2D eigenvalue weighted by Gasteiger charge is -2.31. The van der Waals surface area contributed by atoms with Gasteiger partial charge in [0, 0.05) is 30.6 Å². The Kier molecular flexibility index (Phi) is 5.22. The minimum absolute atomic E-state index is 0.0917. The summed E-state index contributed by atoms with van der Waals surface area (Å²) in [5.41, 5.74) is 4.08. The summed E-state index contributed by atoms with van der Waals surface area (Å²) in [5.74, 6) is 0.818. The van der Waals surface area contributed by atoms with Crippen molar-refractivity contribution in [3.05, 3.63) is 34.6 Å². The molecule has 0 bridgehead atoms. The molecule has 6 heteroatoms. The zero-order chi connectivity index (χ0) is 19.0. The van der Waals surface area contributed by atoms with Crippen molar-refractivity contribution < 1.29 is 4.79 Å². The molecule has 2 aromatic rings. The number of amides is 1. The number of pyridine rings is 1. The molecule has 27 heavy (non-hydrogen) atoms. The maximum Gasteiger partial charge on any atom is 0.243 e. The Morgan fingerprint density at radius 2 is 2.00 bits per heavy atom. The molecule has 1 atom stereocenters. The van der Waals surface area contributed by atoms with E-state index in [-0.39, 0.29) is 11.8 Å². The summed E-state index contributed by atoms with van der Waals surface area (Å²) in [6, 6.07) is 3.89. The SMILES string of the molecule is CCc1nn2cc(Cl)ccc2c1C1=NN(CC2CCCCC2)C(=O)CC1C. The third kappa shape index (κ3) is 3.62. The third-order valence-corrected chi connectivity index (χ3v) is 6.10. The molecule has 2 aliphatic rings. The molecule has 5 nitrogen and oxygen atoms in total. The van der Waals surface area contributed by atoms with Crippen molar-refractivity contribution in [2.75, 3.05) is 6.54 Å². The van der Waals surface area contributed by atoms with Gasteiger partial charge in [-0.2, -0.15) is 10.2 Å². The molecule has 4 rings (SSSR count). The van der Waals surface area contributed by atoms with Crippen LogP contribution in [0.5, 0.6) is 0 Å². The number of hydrazone groups is 1. The van der Waals surface area contributed by atoms with Crippen LogP contribution in [0.15, 0.2) is 23.4 Å². The van der Waals surface area contributed by atoms with Gasteiger partial charge in [0.25, 0.3) is 0 Å². The van der Waals surface area contributed by atoms with E-state index < -0.39 is 0 Å². The molecule has 0 spiro atoms. The van der Waals surface area contributed by atoms with Crippen LogP contribution < -0.4 is 0 Å². The minimum atomic E-state index is 0.0917. The summed E-state index contributed by atoms with van der Waals surface area (Å²) in [6.07, 6.45) is 9.44. The Bertz CT molecular complexity index is 882. The summed E-state index contributed by atoms with van der Waals surface area (Å²) in [7, 11) is 0. The molecule has 2 aromatic heterocycles. The van der Waals surface area contributed by atoms with Gasteiger partial charge in [-0.05, 0) is 37.3 Å². The van der Waals surface area contributed by atoms with Gasteiger partial charge in [-0.15, -0.1) is 0 Å².